The third-order valence-electron chi connectivity index (χ3n) is 6.18. The highest BCUT2D eigenvalue weighted by molar-refractivity contribution is 5.15. The van der Waals surface area contributed by atoms with Gasteiger partial charge in [-0.25, -0.2) is 0 Å². The Balaban J connectivity index is 1.73. The zero-order valence-corrected chi connectivity index (χ0v) is 13.2. The maximum absolute atomic E-state index is 2.45. The molecule has 0 N–H and O–H groups in total. The van der Waals surface area contributed by atoms with Crippen LogP contribution in [0.4, 0.5) is 0 Å². The number of hydrogen-bond acceptors (Lipinski definition) is 0. The molecule has 0 amide bonds. The van der Waals surface area contributed by atoms with E-state index in [1.807, 2.05) is 0 Å². The lowest BCUT2D eigenvalue weighted by Crippen LogP contribution is -2.26. The van der Waals surface area contributed by atoms with Crippen LogP contribution in [0.5, 0.6) is 0 Å². The minimum atomic E-state index is 0.858. The van der Waals surface area contributed by atoms with Crippen molar-refractivity contribution in [2.24, 2.45) is 29.1 Å². The van der Waals surface area contributed by atoms with Crippen LogP contribution in [0, 0.1) is 29.1 Å². The molecular formula is C18H34. The van der Waals surface area contributed by atoms with Crippen molar-refractivity contribution < 1.29 is 0 Å². The van der Waals surface area contributed by atoms with Crippen molar-refractivity contribution in [2.45, 2.75) is 85.5 Å². The van der Waals surface area contributed by atoms with Crippen LogP contribution in [0.25, 0.3) is 0 Å². The average molecular weight is 250 g/mol. The molecule has 0 aromatic rings. The second kappa shape index (κ2) is 5.97. The van der Waals surface area contributed by atoms with E-state index in [2.05, 4.69) is 27.7 Å². The molecule has 3 unspecified atom stereocenters. The molecule has 2 rings (SSSR count). The zero-order valence-electron chi connectivity index (χ0n) is 13.2. The summed E-state index contributed by atoms with van der Waals surface area (Å²) in [4.78, 5) is 0. The Morgan fingerprint density at radius 2 is 1.78 bits per heavy atom. The van der Waals surface area contributed by atoms with Crippen LogP contribution in [0.15, 0.2) is 0 Å². The summed E-state index contributed by atoms with van der Waals surface area (Å²) in [7, 11) is 0. The first-order valence-electron chi connectivity index (χ1n) is 8.67. The predicted octanol–water partition coefficient (Wildman–Crippen LogP) is 6.06. The number of hydrogen-bond donors (Lipinski definition) is 0. The predicted molar refractivity (Wildman–Crippen MR) is 80.6 cm³/mol. The minimum absolute atomic E-state index is 0.858. The number of rotatable bonds is 8. The van der Waals surface area contributed by atoms with Crippen molar-refractivity contribution in [2.75, 3.05) is 0 Å². The highest BCUT2D eigenvalue weighted by Gasteiger charge is 2.66. The van der Waals surface area contributed by atoms with Gasteiger partial charge in [0.1, 0.15) is 0 Å². The van der Waals surface area contributed by atoms with Gasteiger partial charge in [-0.2, -0.15) is 0 Å². The Morgan fingerprint density at radius 3 is 2.28 bits per heavy atom. The molecule has 0 saturated heterocycles. The van der Waals surface area contributed by atoms with E-state index in [-0.39, 0.29) is 0 Å². The molecule has 2 saturated carbocycles. The van der Waals surface area contributed by atoms with Crippen molar-refractivity contribution >= 4 is 0 Å². The Bertz CT molecular complexity index is 249. The Labute approximate surface area is 115 Å². The Kier molecular flexibility index (Phi) is 4.78. The molecule has 0 aliphatic heterocycles. The van der Waals surface area contributed by atoms with Gasteiger partial charge in [0, 0.05) is 0 Å². The first-order chi connectivity index (χ1) is 8.67. The summed E-state index contributed by atoms with van der Waals surface area (Å²) in [6.07, 6.45) is 13.3. The van der Waals surface area contributed by atoms with Gasteiger partial charge in [-0.05, 0) is 48.3 Å². The van der Waals surface area contributed by atoms with E-state index in [0.29, 0.717) is 0 Å². The number of unbranched alkanes of at least 4 members (excludes halogenated alkanes) is 1. The van der Waals surface area contributed by atoms with Crippen molar-refractivity contribution in [1.82, 2.24) is 0 Å². The SMILES string of the molecule is CCCCC(CC)CCC1C(CC)C12CC(C)C2. The lowest BCUT2D eigenvalue weighted by molar-refractivity contribution is 0.147. The first kappa shape index (κ1) is 14.4. The summed E-state index contributed by atoms with van der Waals surface area (Å²) in [5, 5.41) is 0. The normalized spacial score (nSPS) is 39.7. The molecule has 0 aromatic carbocycles. The first-order valence-corrected chi connectivity index (χ1v) is 8.67. The van der Waals surface area contributed by atoms with Gasteiger partial charge >= 0.3 is 0 Å². The summed E-state index contributed by atoms with van der Waals surface area (Å²) in [6.45, 7) is 9.59. The quantitative estimate of drug-likeness (QED) is 0.491. The fraction of sp³-hybridized carbons (Fsp3) is 1.00. The summed E-state index contributed by atoms with van der Waals surface area (Å²) >= 11 is 0. The van der Waals surface area contributed by atoms with E-state index in [9.17, 15) is 0 Å². The van der Waals surface area contributed by atoms with Crippen LogP contribution in [0.2, 0.25) is 0 Å². The van der Waals surface area contributed by atoms with E-state index in [4.69, 9.17) is 0 Å². The second-order valence-electron chi connectivity index (χ2n) is 7.36. The monoisotopic (exact) mass is 250 g/mol. The Morgan fingerprint density at radius 1 is 1.06 bits per heavy atom. The molecule has 0 bridgehead atoms. The smallest absolute Gasteiger partial charge is 0.0230 e. The maximum Gasteiger partial charge on any atom is -0.0230 e. The van der Waals surface area contributed by atoms with E-state index in [0.717, 1.165) is 29.1 Å². The minimum Gasteiger partial charge on any atom is -0.0654 e. The van der Waals surface area contributed by atoms with Gasteiger partial charge in [0.25, 0.3) is 0 Å². The lowest BCUT2D eigenvalue weighted by Gasteiger charge is -2.35. The molecular weight excluding hydrogens is 216 g/mol. The van der Waals surface area contributed by atoms with E-state index in [1.165, 1.54) is 38.5 Å². The van der Waals surface area contributed by atoms with Gasteiger partial charge in [0.05, 0.1) is 0 Å². The average Bonchev–Trinajstić information content (AvgIpc) is 2.97. The van der Waals surface area contributed by atoms with Crippen molar-refractivity contribution in [3.63, 3.8) is 0 Å². The molecule has 3 atom stereocenters. The summed E-state index contributed by atoms with van der Waals surface area (Å²) in [5.74, 6) is 4.29. The van der Waals surface area contributed by atoms with Crippen LogP contribution in [0.1, 0.15) is 85.5 Å². The van der Waals surface area contributed by atoms with E-state index in [1.54, 1.807) is 19.3 Å². The van der Waals surface area contributed by atoms with Gasteiger partial charge in [-0.1, -0.05) is 66.2 Å². The molecule has 2 aliphatic carbocycles. The lowest BCUT2D eigenvalue weighted by atomic mass is 9.69. The largest absolute Gasteiger partial charge is 0.0654 e. The highest BCUT2D eigenvalue weighted by atomic mass is 14.7. The topological polar surface area (TPSA) is 0 Å². The summed E-state index contributed by atoms with van der Waals surface area (Å²) in [6, 6.07) is 0. The van der Waals surface area contributed by atoms with Crippen molar-refractivity contribution in [1.29, 1.82) is 0 Å². The van der Waals surface area contributed by atoms with Gasteiger partial charge in [-0.15, -0.1) is 0 Å². The molecule has 0 heterocycles. The van der Waals surface area contributed by atoms with Gasteiger partial charge in [0.15, 0.2) is 0 Å². The molecule has 106 valence electrons. The molecule has 2 fully saturated rings. The molecule has 0 heteroatoms. The Hall–Kier alpha value is 0. The van der Waals surface area contributed by atoms with Crippen LogP contribution >= 0.6 is 0 Å². The van der Waals surface area contributed by atoms with Gasteiger partial charge in [0.2, 0.25) is 0 Å². The third-order valence-corrected chi connectivity index (χ3v) is 6.18. The van der Waals surface area contributed by atoms with Crippen LogP contribution < -0.4 is 0 Å². The molecule has 1 spiro atoms. The van der Waals surface area contributed by atoms with Crippen molar-refractivity contribution in [3.8, 4) is 0 Å². The third kappa shape index (κ3) is 2.63. The van der Waals surface area contributed by atoms with E-state index >= 15 is 0 Å². The fourth-order valence-corrected chi connectivity index (χ4v) is 5.15. The second-order valence-corrected chi connectivity index (χ2v) is 7.36. The van der Waals surface area contributed by atoms with Crippen molar-refractivity contribution in [3.05, 3.63) is 0 Å². The van der Waals surface area contributed by atoms with E-state index < -0.39 is 0 Å². The molecule has 0 nitrogen and oxygen atoms in total. The zero-order chi connectivity index (χ0) is 13.2. The highest BCUT2D eigenvalue weighted by Crippen LogP contribution is 2.74. The molecule has 0 radical (unpaired) electrons. The molecule has 2 aliphatic rings. The summed E-state index contributed by atoms with van der Waals surface area (Å²) in [5.41, 5.74) is 0.858. The standard InChI is InChI=1S/C18H34/c1-5-8-9-15(6-2)10-11-17-16(7-3)18(17)12-14(4)13-18/h14-17H,5-13H2,1-4H3. The van der Waals surface area contributed by atoms with Crippen LogP contribution in [0.3, 0.4) is 0 Å². The van der Waals surface area contributed by atoms with Crippen LogP contribution in [-0.2, 0) is 0 Å². The maximum atomic E-state index is 2.45. The molecule has 18 heavy (non-hydrogen) atoms. The van der Waals surface area contributed by atoms with Crippen LogP contribution in [-0.4, -0.2) is 0 Å². The summed E-state index contributed by atoms with van der Waals surface area (Å²) < 4.78 is 0. The fourth-order valence-electron chi connectivity index (χ4n) is 5.15. The molecule has 0 aromatic heterocycles. The van der Waals surface area contributed by atoms with Gasteiger partial charge < -0.3 is 0 Å². The van der Waals surface area contributed by atoms with Gasteiger partial charge in [-0.3, -0.25) is 0 Å².